The lowest BCUT2D eigenvalue weighted by Crippen LogP contribution is -2.27. The summed E-state index contributed by atoms with van der Waals surface area (Å²) < 4.78 is 22.1. The third-order valence-corrected chi connectivity index (χ3v) is 5.70. The van der Waals surface area contributed by atoms with Crippen LogP contribution in [-0.4, -0.2) is 21.0 Å². The van der Waals surface area contributed by atoms with Gasteiger partial charge in [0.05, 0.1) is 14.2 Å². The molecule has 4 rings (SSSR count). The van der Waals surface area contributed by atoms with Crippen molar-refractivity contribution in [3.05, 3.63) is 47.0 Å². The molecule has 132 valence electrons. The minimum absolute atomic E-state index is 0.299. The maximum absolute atomic E-state index is 5.59. The Hall–Kier alpha value is -2.36. The van der Waals surface area contributed by atoms with E-state index in [1.807, 2.05) is 6.07 Å². The Morgan fingerprint density at radius 1 is 0.920 bits per heavy atom. The number of hydrogen-bond donors (Lipinski definition) is 0. The Labute approximate surface area is 148 Å². The first-order valence-electron chi connectivity index (χ1n) is 8.76. The lowest BCUT2D eigenvalue weighted by molar-refractivity contribution is 0.174. The molecule has 2 aliphatic rings. The maximum atomic E-state index is 5.59. The van der Waals surface area contributed by atoms with Gasteiger partial charge in [-0.1, -0.05) is 19.9 Å². The quantitative estimate of drug-likeness (QED) is 0.830. The van der Waals surface area contributed by atoms with Crippen molar-refractivity contribution >= 4 is 0 Å². The van der Waals surface area contributed by atoms with Crippen LogP contribution in [0.1, 0.15) is 36.5 Å². The lowest BCUT2D eigenvalue weighted by Gasteiger charge is -2.37. The highest BCUT2D eigenvalue weighted by Crippen LogP contribution is 2.48. The molecule has 0 saturated heterocycles. The Balaban J connectivity index is 1.85. The molecule has 4 nitrogen and oxygen atoms in total. The minimum atomic E-state index is 0.299. The maximum Gasteiger partial charge on any atom is 0.231 e. The summed E-state index contributed by atoms with van der Waals surface area (Å²) in [6.45, 7) is 4.96. The van der Waals surface area contributed by atoms with Crippen LogP contribution in [0.3, 0.4) is 0 Å². The minimum Gasteiger partial charge on any atom is -0.493 e. The van der Waals surface area contributed by atoms with Gasteiger partial charge in [-0.3, -0.25) is 0 Å². The van der Waals surface area contributed by atoms with Gasteiger partial charge in [-0.15, -0.1) is 0 Å². The fourth-order valence-corrected chi connectivity index (χ4v) is 4.14. The second-order valence-corrected chi connectivity index (χ2v) is 7.04. The number of methoxy groups -OCH3 is 2. The van der Waals surface area contributed by atoms with Crippen LogP contribution in [0.4, 0.5) is 0 Å². The largest absolute Gasteiger partial charge is 0.493 e. The predicted octanol–water partition coefficient (Wildman–Crippen LogP) is 4.39. The number of fused-ring (bicyclic) bond motifs is 2. The van der Waals surface area contributed by atoms with Gasteiger partial charge in [0.2, 0.25) is 6.79 Å². The van der Waals surface area contributed by atoms with E-state index >= 15 is 0 Å². The molecule has 0 bridgehead atoms. The molecule has 0 saturated carbocycles. The number of hydrogen-bond acceptors (Lipinski definition) is 4. The second-order valence-electron chi connectivity index (χ2n) is 7.04. The summed E-state index contributed by atoms with van der Waals surface area (Å²) in [6.07, 6.45) is 1.05. The van der Waals surface area contributed by atoms with Crippen molar-refractivity contribution < 1.29 is 18.9 Å². The molecule has 4 heteroatoms. The van der Waals surface area contributed by atoms with Gasteiger partial charge >= 0.3 is 0 Å². The first-order valence-corrected chi connectivity index (χ1v) is 8.76. The monoisotopic (exact) mass is 340 g/mol. The van der Waals surface area contributed by atoms with Gasteiger partial charge < -0.3 is 18.9 Å². The molecule has 2 aromatic carbocycles. The van der Waals surface area contributed by atoms with Crippen LogP contribution in [0.15, 0.2) is 30.3 Å². The van der Waals surface area contributed by atoms with E-state index in [9.17, 15) is 0 Å². The van der Waals surface area contributed by atoms with Crippen molar-refractivity contribution in [3.8, 4) is 23.0 Å². The van der Waals surface area contributed by atoms with Crippen LogP contribution in [-0.2, 0) is 6.42 Å². The highest BCUT2D eigenvalue weighted by Gasteiger charge is 2.34. The van der Waals surface area contributed by atoms with Crippen LogP contribution >= 0.6 is 0 Å². The Bertz CT molecular complexity index is 799. The summed E-state index contributed by atoms with van der Waals surface area (Å²) in [4.78, 5) is 0. The van der Waals surface area contributed by atoms with E-state index in [-0.39, 0.29) is 0 Å². The first kappa shape index (κ1) is 16.1. The smallest absolute Gasteiger partial charge is 0.231 e. The first-order chi connectivity index (χ1) is 12.1. The van der Waals surface area contributed by atoms with E-state index in [0.717, 1.165) is 29.4 Å². The van der Waals surface area contributed by atoms with Crippen molar-refractivity contribution in [2.75, 3.05) is 21.0 Å². The van der Waals surface area contributed by atoms with Crippen LogP contribution in [0.2, 0.25) is 0 Å². The molecule has 1 aliphatic carbocycles. The fourth-order valence-electron chi connectivity index (χ4n) is 4.14. The highest BCUT2D eigenvalue weighted by molar-refractivity contribution is 5.54. The Morgan fingerprint density at radius 3 is 2.40 bits per heavy atom. The average Bonchev–Trinajstić information content (AvgIpc) is 3.09. The number of benzene rings is 2. The van der Waals surface area contributed by atoms with Crippen molar-refractivity contribution in [1.29, 1.82) is 0 Å². The van der Waals surface area contributed by atoms with Crippen molar-refractivity contribution in [2.24, 2.45) is 11.8 Å². The molecule has 0 spiro atoms. The van der Waals surface area contributed by atoms with Crippen molar-refractivity contribution in [3.63, 3.8) is 0 Å². The zero-order valence-electron chi connectivity index (χ0n) is 15.2. The molecule has 0 amide bonds. The molecule has 0 fully saturated rings. The van der Waals surface area contributed by atoms with Gasteiger partial charge in [-0.05, 0) is 59.2 Å². The molecule has 3 unspecified atom stereocenters. The SMILES string of the molecule is COc1cc2c(cc1OC)C(c1ccc3c(c1)OCO3)C(C)C(C)C2. The van der Waals surface area contributed by atoms with Crippen LogP contribution in [0.5, 0.6) is 23.0 Å². The normalized spacial score (nSPS) is 23.9. The number of rotatable bonds is 3. The zero-order valence-corrected chi connectivity index (χ0v) is 15.2. The van der Waals surface area contributed by atoms with Gasteiger partial charge in [-0.25, -0.2) is 0 Å². The average molecular weight is 340 g/mol. The van der Waals surface area contributed by atoms with E-state index in [4.69, 9.17) is 18.9 Å². The molecule has 0 radical (unpaired) electrons. The van der Waals surface area contributed by atoms with E-state index in [2.05, 4.69) is 38.1 Å². The molecule has 2 aromatic rings. The Kier molecular flexibility index (Phi) is 3.98. The van der Waals surface area contributed by atoms with Gasteiger partial charge in [0.25, 0.3) is 0 Å². The third kappa shape index (κ3) is 2.60. The third-order valence-electron chi connectivity index (χ3n) is 5.70. The van der Waals surface area contributed by atoms with E-state index in [0.29, 0.717) is 24.5 Å². The van der Waals surface area contributed by atoms with Crippen LogP contribution in [0.25, 0.3) is 0 Å². The molecule has 25 heavy (non-hydrogen) atoms. The molecule has 3 atom stereocenters. The topological polar surface area (TPSA) is 36.9 Å². The second kappa shape index (κ2) is 6.17. The Morgan fingerprint density at radius 2 is 1.64 bits per heavy atom. The lowest BCUT2D eigenvalue weighted by atomic mass is 9.68. The molecular formula is C21H24O4. The zero-order chi connectivity index (χ0) is 17.6. The van der Waals surface area contributed by atoms with Gasteiger partial charge in [0.1, 0.15) is 0 Å². The van der Waals surface area contributed by atoms with Crippen molar-refractivity contribution in [1.82, 2.24) is 0 Å². The van der Waals surface area contributed by atoms with Gasteiger partial charge in [0.15, 0.2) is 23.0 Å². The summed E-state index contributed by atoms with van der Waals surface area (Å²) in [6, 6.07) is 10.6. The molecular weight excluding hydrogens is 316 g/mol. The summed E-state index contributed by atoms with van der Waals surface area (Å²) in [5.41, 5.74) is 3.92. The molecule has 1 heterocycles. The van der Waals surface area contributed by atoms with Gasteiger partial charge in [-0.2, -0.15) is 0 Å². The summed E-state index contributed by atoms with van der Waals surface area (Å²) in [5, 5.41) is 0. The summed E-state index contributed by atoms with van der Waals surface area (Å²) in [7, 11) is 3.38. The van der Waals surface area contributed by atoms with E-state index in [1.165, 1.54) is 16.7 Å². The molecule has 0 aromatic heterocycles. The number of ether oxygens (including phenoxy) is 4. The van der Waals surface area contributed by atoms with E-state index in [1.54, 1.807) is 14.2 Å². The molecule has 0 N–H and O–H groups in total. The molecule has 1 aliphatic heterocycles. The highest BCUT2D eigenvalue weighted by atomic mass is 16.7. The van der Waals surface area contributed by atoms with Gasteiger partial charge in [0, 0.05) is 5.92 Å². The standard InChI is InChI=1S/C21H24O4/c1-12-7-15-9-18(22-3)19(23-4)10-16(15)21(13(12)2)14-5-6-17-20(8-14)25-11-24-17/h5-6,8-10,12-13,21H,7,11H2,1-4H3. The van der Waals surface area contributed by atoms with Crippen LogP contribution < -0.4 is 18.9 Å². The van der Waals surface area contributed by atoms with Crippen molar-refractivity contribution in [2.45, 2.75) is 26.2 Å². The fraction of sp³-hybridized carbons (Fsp3) is 0.429. The van der Waals surface area contributed by atoms with E-state index < -0.39 is 0 Å². The predicted molar refractivity (Wildman–Crippen MR) is 96.0 cm³/mol. The summed E-state index contributed by atoms with van der Waals surface area (Å²) >= 11 is 0. The summed E-state index contributed by atoms with van der Waals surface area (Å²) in [5.74, 6) is 4.65. The van der Waals surface area contributed by atoms with Crippen LogP contribution in [0, 0.1) is 11.8 Å².